The first-order valence-electron chi connectivity index (χ1n) is 6.53. The Labute approximate surface area is 136 Å². The van der Waals surface area contributed by atoms with E-state index in [-0.39, 0.29) is 5.56 Å². The van der Waals surface area contributed by atoms with Crippen LogP contribution in [0, 0.1) is 0 Å². The van der Waals surface area contributed by atoms with Gasteiger partial charge in [-0.25, -0.2) is 4.98 Å². The molecule has 2 N–H and O–H groups in total. The number of anilines is 1. The van der Waals surface area contributed by atoms with Crippen molar-refractivity contribution in [1.29, 1.82) is 0 Å². The SMILES string of the molecule is Cn1c(Cl)nc(Cl)c1CNc1ccc(-n2ccc(=O)[nH]2)cc1. The van der Waals surface area contributed by atoms with Crippen molar-refractivity contribution in [3.05, 3.63) is 63.0 Å². The van der Waals surface area contributed by atoms with Gasteiger partial charge < -0.3 is 9.88 Å². The standard InChI is InChI=1S/C14H13Cl2N5O/c1-20-11(13(15)18-14(20)16)8-17-9-2-4-10(5-3-9)21-7-6-12(22)19-21/h2-7,17H,8H2,1H3,(H,19,22). The summed E-state index contributed by atoms with van der Waals surface area (Å²) in [6, 6.07) is 9.10. The Morgan fingerprint density at radius 2 is 1.95 bits per heavy atom. The zero-order valence-corrected chi connectivity index (χ0v) is 13.2. The number of halogens is 2. The highest BCUT2D eigenvalue weighted by Crippen LogP contribution is 2.21. The highest BCUT2D eigenvalue weighted by Gasteiger charge is 2.11. The van der Waals surface area contributed by atoms with E-state index in [9.17, 15) is 4.79 Å². The van der Waals surface area contributed by atoms with Crippen LogP contribution < -0.4 is 10.9 Å². The molecular formula is C14H13Cl2N5O. The Hall–Kier alpha value is -2.18. The molecule has 3 aromatic rings. The lowest BCUT2D eigenvalue weighted by Gasteiger charge is -2.09. The largest absolute Gasteiger partial charge is 0.379 e. The van der Waals surface area contributed by atoms with Gasteiger partial charge in [0.15, 0.2) is 5.15 Å². The molecule has 0 spiro atoms. The molecule has 0 saturated heterocycles. The number of H-pyrrole nitrogens is 1. The maximum absolute atomic E-state index is 11.1. The van der Waals surface area contributed by atoms with Crippen LogP contribution in [-0.2, 0) is 13.6 Å². The van der Waals surface area contributed by atoms with E-state index in [0.717, 1.165) is 17.1 Å². The molecule has 22 heavy (non-hydrogen) atoms. The van der Waals surface area contributed by atoms with Gasteiger partial charge in [-0.2, -0.15) is 0 Å². The monoisotopic (exact) mass is 337 g/mol. The summed E-state index contributed by atoms with van der Waals surface area (Å²) in [6.07, 6.45) is 1.68. The second kappa shape index (κ2) is 5.90. The topological polar surface area (TPSA) is 67.6 Å². The van der Waals surface area contributed by atoms with Crippen LogP contribution in [0.3, 0.4) is 0 Å². The third-order valence-corrected chi connectivity index (χ3v) is 3.96. The smallest absolute Gasteiger partial charge is 0.264 e. The molecule has 0 radical (unpaired) electrons. The predicted octanol–water partition coefficient (Wildman–Crippen LogP) is 2.82. The molecule has 0 amide bonds. The van der Waals surface area contributed by atoms with E-state index < -0.39 is 0 Å². The number of imidazole rings is 1. The van der Waals surface area contributed by atoms with E-state index in [4.69, 9.17) is 23.2 Å². The summed E-state index contributed by atoms with van der Waals surface area (Å²) in [5.74, 6) is 0. The molecule has 0 atom stereocenters. The van der Waals surface area contributed by atoms with Gasteiger partial charge in [-0.05, 0) is 35.9 Å². The molecule has 0 aliphatic rings. The number of benzene rings is 1. The number of nitrogens with one attached hydrogen (secondary N) is 2. The van der Waals surface area contributed by atoms with Gasteiger partial charge in [0.2, 0.25) is 5.28 Å². The lowest BCUT2D eigenvalue weighted by atomic mass is 10.2. The quantitative estimate of drug-likeness (QED) is 0.769. The van der Waals surface area contributed by atoms with Crippen molar-refractivity contribution in [2.45, 2.75) is 6.54 Å². The number of aromatic amines is 1. The molecule has 0 fully saturated rings. The summed E-state index contributed by atoms with van der Waals surface area (Å²) < 4.78 is 3.39. The Morgan fingerprint density at radius 1 is 1.23 bits per heavy atom. The van der Waals surface area contributed by atoms with Gasteiger partial charge >= 0.3 is 0 Å². The van der Waals surface area contributed by atoms with Crippen LogP contribution in [0.4, 0.5) is 5.69 Å². The van der Waals surface area contributed by atoms with E-state index in [1.807, 2.05) is 31.3 Å². The fourth-order valence-electron chi connectivity index (χ4n) is 2.07. The Balaban J connectivity index is 1.72. The first-order valence-corrected chi connectivity index (χ1v) is 7.29. The summed E-state index contributed by atoms with van der Waals surface area (Å²) in [4.78, 5) is 15.1. The van der Waals surface area contributed by atoms with Crippen molar-refractivity contribution >= 4 is 28.9 Å². The maximum Gasteiger partial charge on any atom is 0.264 e. The van der Waals surface area contributed by atoms with Crippen LogP contribution in [0.15, 0.2) is 41.3 Å². The second-order valence-corrected chi connectivity index (χ2v) is 5.44. The van der Waals surface area contributed by atoms with E-state index in [1.165, 1.54) is 6.07 Å². The highest BCUT2D eigenvalue weighted by atomic mass is 35.5. The molecule has 0 saturated carbocycles. The Kier molecular flexibility index (Phi) is 3.96. The van der Waals surface area contributed by atoms with Gasteiger partial charge in [-0.3, -0.25) is 14.6 Å². The second-order valence-electron chi connectivity index (χ2n) is 4.74. The van der Waals surface area contributed by atoms with Crippen LogP contribution >= 0.6 is 23.2 Å². The first kappa shape index (κ1) is 14.7. The van der Waals surface area contributed by atoms with E-state index >= 15 is 0 Å². The zero-order valence-electron chi connectivity index (χ0n) is 11.7. The number of hydrogen-bond acceptors (Lipinski definition) is 3. The first-order chi connectivity index (χ1) is 10.5. The average molecular weight is 338 g/mol. The third kappa shape index (κ3) is 2.88. The van der Waals surface area contributed by atoms with Gasteiger partial charge in [-0.15, -0.1) is 0 Å². The van der Waals surface area contributed by atoms with Gasteiger partial charge in [0.1, 0.15) is 0 Å². The molecule has 0 aliphatic carbocycles. The van der Waals surface area contributed by atoms with E-state index in [1.54, 1.807) is 15.4 Å². The molecule has 0 aliphatic heterocycles. The van der Waals surface area contributed by atoms with Gasteiger partial charge in [0.25, 0.3) is 5.56 Å². The van der Waals surface area contributed by atoms with Crippen molar-refractivity contribution in [3.8, 4) is 5.69 Å². The molecule has 2 heterocycles. The van der Waals surface area contributed by atoms with Crippen molar-refractivity contribution in [2.24, 2.45) is 7.05 Å². The molecule has 0 bridgehead atoms. The minimum Gasteiger partial charge on any atom is -0.379 e. The fourth-order valence-corrected chi connectivity index (χ4v) is 2.58. The fraction of sp³-hybridized carbons (Fsp3) is 0.143. The lowest BCUT2D eigenvalue weighted by molar-refractivity contribution is 0.838. The van der Waals surface area contributed by atoms with Crippen LogP contribution in [0.2, 0.25) is 10.4 Å². The highest BCUT2D eigenvalue weighted by molar-refractivity contribution is 6.32. The summed E-state index contributed by atoms with van der Waals surface area (Å²) >= 11 is 11.9. The molecule has 6 nitrogen and oxygen atoms in total. The van der Waals surface area contributed by atoms with Gasteiger partial charge in [-0.1, -0.05) is 11.6 Å². The summed E-state index contributed by atoms with van der Waals surface area (Å²) in [7, 11) is 1.81. The Bertz CT molecular complexity index is 847. The van der Waals surface area contributed by atoms with E-state index in [2.05, 4.69) is 15.4 Å². The minimum atomic E-state index is -0.134. The molecule has 1 aromatic carbocycles. The van der Waals surface area contributed by atoms with Gasteiger partial charge in [0, 0.05) is 25.0 Å². The van der Waals surface area contributed by atoms with Crippen molar-refractivity contribution in [3.63, 3.8) is 0 Å². The molecule has 0 unspecified atom stereocenters. The normalized spacial score (nSPS) is 10.9. The van der Waals surface area contributed by atoms with Crippen LogP contribution in [0.1, 0.15) is 5.69 Å². The minimum absolute atomic E-state index is 0.134. The molecule has 2 aromatic heterocycles. The van der Waals surface area contributed by atoms with Crippen molar-refractivity contribution in [1.82, 2.24) is 19.3 Å². The number of hydrogen-bond donors (Lipinski definition) is 2. The number of rotatable bonds is 4. The summed E-state index contributed by atoms with van der Waals surface area (Å²) in [5, 5.41) is 6.68. The Morgan fingerprint density at radius 3 is 2.50 bits per heavy atom. The molecular weight excluding hydrogens is 325 g/mol. The molecule has 114 valence electrons. The zero-order chi connectivity index (χ0) is 15.7. The van der Waals surface area contributed by atoms with Crippen molar-refractivity contribution in [2.75, 3.05) is 5.32 Å². The lowest BCUT2D eigenvalue weighted by Crippen LogP contribution is -2.06. The molecule has 8 heteroatoms. The summed E-state index contributed by atoms with van der Waals surface area (Å²) in [5.41, 5.74) is 2.47. The van der Waals surface area contributed by atoms with Gasteiger partial charge in [0.05, 0.1) is 17.9 Å². The van der Waals surface area contributed by atoms with Crippen molar-refractivity contribution < 1.29 is 0 Å². The predicted molar refractivity (Wildman–Crippen MR) is 86.9 cm³/mol. The maximum atomic E-state index is 11.1. The number of nitrogens with zero attached hydrogens (tertiary/aromatic N) is 3. The third-order valence-electron chi connectivity index (χ3n) is 3.32. The average Bonchev–Trinajstić information content (AvgIpc) is 3.03. The van der Waals surface area contributed by atoms with E-state index in [0.29, 0.717) is 17.0 Å². The van der Waals surface area contributed by atoms with Crippen LogP contribution in [-0.4, -0.2) is 19.3 Å². The number of aromatic nitrogens is 4. The molecule has 3 rings (SSSR count). The summed E-state index contributed by atoms with van der Waals surface area (Å²) in [6.45, 7) is 0.509. The van der Waals surface area contributed by atoms with Crippen LogP contribution in [0.5, 0.6) is 0 Å². The van der Waals surface area contributed by atoms with Crippen LogP contribution in [0.25, 0.3) is 5.69 Å².